The number of furan rings is 2. The summed E-state index contributed by atoms with van der Waals surface area (Å²) in [6.07, 6.45) is 4.05. The summed E-state index contributed by atoms with van der Waals surface area (Å²) in [5, 5.41) is 3.99. The predicted octanol–water partition coefficient (Wildman–Crippen LogP) is 4.66. The van der Waals surface area contributed by atoms with Crippen LogP contribution in [0.2, 0.25) is 0 Å². The van der Waals surface area contributed by atoms with Gasteiger partial charge in [-0.25, -0.2) is 0 Å². The molecular formula is C20H21BrN2O3. The number of likely N-dealkylation sites (tertiary alicyclic amines) is 1. The van der Waals surface area contributed by atoms with Gasteiger partial charge in [-0.1, -0.05) is 15.9 Å². The van der Waals surface area contributed by atoms with Crippen molar-refractivity contribution in [3.8, 4) is 0 Å². The maximum Gasteiger partial charge on any atom is 0.287 e. The zero-order valence-corrected chi connectivity index (χ0v) is 16.2. The summed E-state index contributed by atoms with van der Waals surface area (Å²) < 4.78 is 12.4. The van der Waals surface area contributed by atoms with Crippen LogP contribution < -0.4 is 5.32 Å². The van der Waals surface area contributed by atoms with Crippen molar-refractivity contribution in [1.82, 2.24) is 10.2 Å². The predicted molar refractivity (Wildman–Crippen MR) is 103 cm³/mol. The molecule has 0 spiro atoms. The van der Waals surface area contributed by atoms with Crippen molar-refractivity contribution in [3.05, 3.63) is 58.2 Å². The first-order chi connectivity index (χ1) is 12.6. The second-order valence-corrected chi connectivity index (χ2v) is 7.60. The largest absolute Gasteiger partial charge is 0.468 e. The molecular weight excluding hydrogens is 396 g/mol. The Hall–Kier alpha value is -2.05. The zero-order chi connectivity index (χ0) is 18.1. The average Bonchev–Trinajstić information content (AvgIpc) is 3.38. The van der Waals surface area contributed by atoms with Gasteiger partial charge in [-0.2, -0.15) is 0 Å². The van der Waals surface area contributed by atoms with Gasteiger partial charge in [-0.05, 0) is 63.2 Å². The number of benzene rings is 1. The first kappa shape index (κ1) is 17.4. The number of rotatable bonds is 5. The molecule has 3 aromatic rings. The summed E-state index contributed by atoms with van der Waals surface area (Å²) in [7, 11) is 0. The monoisotopic (exact) mass is 416 g/mol. The minimum atomic E-state index is -0.189. The maximum atomic E-state index is 12.7. The van der Waals surface area contributed by atoms with E-state index in [-0.39, 0.29) is 11.9 Å². The smallest absolute Gasteiger partial charge is 0.287 e. The van der Waals surface area contributed by atoms with Crippen LogP contribution in [-0.2, 0) is 0 Å². The SMILES string of the molecule is Cc1c(C(=O)NC[C@@H](c2ccco2)N2CCCC2)oc2ccc(Br)cc12. The van der Waals surface area contributed by atoms with Gasteiger partial charge >= 0.3 is 0 Å². The Morgan fingerprint density at radius 2 is 2.12 bits per heavy atom. The Kier molecular flexibility index (Phi) is 4.87. The van der Waals surface area contributed by atoms with Crippen LogP contribution in [0.1, 0.15) is 40.8 Å². The van der Waals surface area contributed by atoms with Crippen LogP contribution in [0.4, 0.5) is 0 Å². The van der Waals surface area contributed by atoms with Gasteiger partial charge in [0.25, 0.3) is 5.91 Å². The molecule has 0 saturated carbocycles. The van der Waals surface area contributed by atoms with Gasteiger partial charge in [0.2, 0.25) is 0 Å². The van der Waals surface area contributed by atoms with Crippen LogP contribution in [0.15, 0.2) is 49.9 Å². The molecule has 1 atom stereocenters. The molecule has 1 aliphatic heterocycles. The van der Waals surface area contributed by atoms with Crippen LogP contribution in [0.25, 0.3) is 11.0 Å². The molecule has 0 aliphatic carbocycles. The molecule has 0 radical (unpaired) electrons. The molecule has 3 heterocycles. The summed E-state index contributed by atoms with van der Waals surface area (Å²) in [6, 6.07) is 9.67. The molecule has 1 aromatic carbocycles. The summed E-state index contributed by atoms with van der Waals surface area (Å²) in [6.45, 7) is 4.46. The third-order valence-corrected chi connectivity index (χ3v) is 5.51. The third-order valence-electron chi connectivity index (χ3n) is 5.01. The number of aryl methyl sites for hydroxylation is 1. The standard InChI is InChI=1S/C20H21BrN2O3/c1-13-15-11-14(21)6-7-17(15)26-19(13)20(24)22-12-16(18-5-4-10-25-18)23-8-2-3-9-23/h4-7,10-11,16H,2-3,8-9,12H2,1H3,(H,22,24)/t16-/m0/s1. The van der Waals surface area contributed by atoms with Gasteiger partial charge in [0.05, 0.1) is 12.3 Å². The van der Waals surface area contributed by atoms with E-state index in [4.69, 9.17) is 8.83 Å². The number of carbonyl (C=O) groups excluding carboxylic acids is 1. The van der Waals surface area contributed by atoms with Crippen molar-refractivity contribution >= 4 is 32.8 Å². The quantitative estimate of drug-likeness (QED) is 0.656. The molecule has 4 rings (SSSR count). The van der Waals surface area contributed by atoms with E-state index in [0.29, 0.717) is 12.3 Å². The lowest BCUT2D eigenvalue weighted by molar-refractivity contribution is 0.0907. The number of nitrogens with zero attached hydrogens (tertiary/aromatic N) is 1. The van der Waals surface area contributed by atoms with Crippen LogP contribution >= 0.6 is 15.9 Å². The summed E-state index contributed by atoms with van der Waals surface area (Å²) in [5.74, 6) is 1.07. The van der Waals surface area contributed by atoms with Crippen LogP contribution in [0, 0.1) is 6.92 Å². The average molecular weight is 417 g/mol. The lowest BCUT2D eigenvalue weighted by Gasteiger charge is -2.25. The van der Waals surface area contributed by atoms with Gasteiger partial charge < -0.3 is 14.2 Å². The maximum absolute atomic E-state index is 12.7. The van der Waals surface area contributed by atoms with E-state index in [2.05, 4.69) is 26.1 Å². The summed E-state index contributed by atoms with van der Waals surface area (Å²) >= 11 is 3.46. The molecule has 1 saturated heterocycles. The van der Waals surface area contributed by atoms with Crippen molar-refractivity contribution in [2.45, 2.75) is 25.8 Å². The van der Waals surface area contributed by atoms with Gasteiger partial charge in [0.1, 0.15) is 11.3 Å². The van der Waals surface area contributed by atoms with Crippen molar-refractivity contribution in [2.75, 3.05) is 19.6 Å². The Bertz CT molecular complexity index is 911. The molecule has 1 aliphatic rings. The van der Waals surface area contributed by atoms with Gasteiger partial charge in [-0.3, -0.25) is 9.69 Å². The molecule has 26 heavy (non-hydrogen) atoms. The zero-order valence-electron chi connectivity index (χ0n) is 14.6. The summed E-state index contributed by atoms with van der Waals surface area (Å²) in [4.78, 5) is 15.1. The normalized spacial score (nSPS) is 16.2. The first-order valence-electron chi connectivity index (χ1n) is 8.88. The Morgan fingerprint density at radius 1 is 1.31 bits per heavy atom. The molecule has 0 unspecified atom stereocenters. The third kappa shape index (κ3) is 3.31. The Labute approximate surface area is 160 Å². The number of amides is 1. The van der Waals surface area contributed by atoms with E-state index >= 15 is 0 Å². The number of nitrogens with one attached hydrogen (secondary N) is 1. The molecule has 2 aromatic heterocycles. The summed E-state index contributed by atoms with van der Waals surface area (Å²) in [5.41, 5.74) is 1.58. The van der Waals surface area contributed by atoms with E-state index in [1.807, 2.05) is 37.3 Å². The van der Waals surface area contributed by atoms with Crippen molar-refractivity contribution in [1.29, 1.82) is 0 Å². The Morgan fingerprint density at radius 3 is 2.85 bits per heavy atom. The highest BCUT2D eigenvalue weighted by Crippen LogP contribution is 2.29. The molecule has 0 bridgehead atoms. The number of halogens is 1. The first-order valence-corrected chi connectivity index (χ1v) is 9.67. The van der Waals surface area contributed by atoms with Crippen molar-refractivity contribution in [3.63, 3.8) is 0 Å². The lowest BCUT2D eigenvalue weighted by atomic mass is 10.1. The highest BCUT2D eigenvalue weighted by atomic mass is 79.9. The lowest BCUT2D eigenvalue weighted by Crippen LogP contribution is -2.36. The van der Waals surface area contributed by atoms with Crippen molar-refractivity contribution < 1.29 is 13.6 Å². The van der Waals surface area contributed by atoms with E-state index < -0.39 is 0 Å². The van der Waals surface area contributed by atoms with Crippen LogP contribution in [0.3, 0.4) is 0 Å². The van der Waals surface area contributed by atoms with E-state index in [9.17, 15) is 4.79 Å². The molecule has 136 valence electrons. The van der Waals surface area contributed by atoms with E-state index in [1.54, 1.807) is 6.26 Å². The highest BCUT2D eigenvalue weighted by Gasteiger charge is 2.27. The number of fused-ring (bicyclic) bond motifs is 1. The fourth-order valence-corrected chi connectivity index (χ4v) is 3.98. The topological polar surface area (TPSA) is 58.6 Å². The minimum Gasteiger partial charge on any atom is -0.468 e. The van der Waals surface area contributed by atoms with Gasteiger partial charge in [-0.15, -0.1) is 0 Å². The van der Waals surface area contributed by atoms with Crippen LogP contribution in [0.5, 0.6) is 0 Å². The molecule has 1 fully saturated rings. The van der Waals surface area contributed by atoms with Gasteiger partial charge in [0.15, 0.2) is 5.76 Å². The molecule has 5 nitrogen and oxygen atoms in total. The van der Waals surface area contributed by atoms with E-state index in [1.165, 1.54) is 12.8 Å². The number of hydrogen-bond donors (Lipinski definition) is 1. The molecule has 1 N–H and O–H groups in total. The molecule has 6 heteroatoms. The van der Waals surface area contributed by atoms with Gasteiger partial charge in [0, 0.05) is 22.0 Å². The fourth-order valence-electron chi connectivity index (χ4n) is 3.62. The Balaban J connectivity index is 1.53. The second-order valence-electron chi connectivity index (χ2n) is 6.68. The van der Waals surface area contributed by atoms with E-state index in [0.717, 1.165) is 39.9 Å². The highest BCUT2D eigenvalue weighted by molar-refractivity contribution is 9.10. The number of hydrogen-bond acceptors (Lipinski definition) is 4. The number of carbonyl (C=O) groups is 1. The fraction of sp³-hybridized carbons (Fsp3) is 0.350. The van der Waals surface area contributed by atoms with Crippen molar-refractivity contribution in [2.24, 2.45) is 0 Å². The minimum absolute atomic E-state index is 0.0512. The van der Waals surface area contributed by atoms with Crippen LogP contribution in [-0.4, -0.2) is 30.4 Å². The second kappa shape index (κ2) is 7.29. The molecule has 1 amide bonds.